The number of carbonyl (C=O) groups is 1. The van der Waals surface area contributed by atoms with Crippen molar-refractivity contribution in [2.24, 2.45) is 5.92 Å². The second-order valence-corrected chi connectivity index (χ2v) is 5.59. The number of benzene rings is 1. The van der Waals surface area contributed by atoms with Crippen LogP contribution >= 0.6 is 0 Å². The Kier molecular flexibility index (Phi) is 5.56. The summed E-state index contributed by atoms with van der Waals surface area (Å²) in [4.78, 5) is 11.7. The third-order valence-corrected chi connectivity index (χ3v) is 3.45. The van der Waals surface area contributed by atoms with Gasteiger partial charge in [-0.2, -0.15) is 0 Å². The van der Waals surface area contributed by atoms with E-state index in [1.54, 1.807) is 0 Å². The fraction of sp³-hybridized carbons (Fsp3) is 0.562. The largest absolute Gasteiger partial charge is 0.388 e. The summed E-state index contributed by atoms with van der Waals surface area (Å²) in [6.45, 7) is 2.70. The summed E-state index contributed by atoms with van der Waals surface area (Å²) < 4.78 is 5.34. The van der Waals surface area contributed by atoms with Crippen LogP contribution in [0.4, 0.5) is 0 Å². The van der Waals surface area contributed by atoms with Crippen LogP contribution in [0, 0.1) is 5.92 Å². The molecule has 1 amide bonds. The third-order valence-electron chi connectivity index (χ3n) is 3.45. The fourth-order valence-corrected chi connectivity index (χ4v) is 2.12. The van der Waals surface area contributed by atoms with Crippen molar-refractivity contribution >= 4 is 5.91 Å². The zero-order valence-corrected chi connectivity index (χ0v) is 11.9. The molecule has 0 saturated heterocycles. The van der Waals surface area contributed by atoms with E-state index in [9.17, 15) is 9.90 Å². The SMILES string of the molecule is CC(CC(O)c1ccccc1)NC(=O)COCC1CC1. The maximum absolute atomic E-state index is 11.7. The van der Waals surface area contributed by atoms with Gasteiger partial charge in [-0.25, -0.2) is 0 Å². The molecule has 1 fully saturated rings. The van der Waals surface area contributed by atoms with E-state index in [4.69, 9.17) is 4.74 Å². The molecule has 1 aliphatic rings. The molecule has 0 spiro atoms. The zero-order chi connectivity index (χ0) is 14.4. The molecule has 4 heteroatoms. The van der Waals surface area contributed by atoms with Crippen molar-refractivity contribution in [2.45, 2.75) is 38.3 Å². The van der Waals surface area contributed by atoms with E-state index in [0.29, 0.717) is 18.9 Å². The quantitative estimate of drug-likeness (QED) is 0.764. The Bertz CT molecular complexity index is 417. The Balaban J connectivity index is 1.65. The van der Waals surface area contributed by atoms with Crippen molar-refractivity contribution in [1.29, 1.82) is 0 Å². The van der Waals surface area contributed by atoms with Crippen molar-refractivity contribution in [3.8, 4) is 0 Å². The highest BCUT2D eigenvalue weighted by Gasteiger charge is 2.21. The van der Waals surface area contributed by atoms with Crippen LogP contribution in [0.15, 0.2) is 30.3 Å². The van der Waals surface area contributed by atoms with Gasteiger partial charge in [-0.3, -0.25) is 4.79 Å². The van der Waals surface area contributed by atoms with Gasteiger partial charge in [0.1, 0.15) is 6.61 Å². The van der Waals surface area contributed by atoms with Crippen LogP contribution in [-0.4, -0.2) is 30.3 Å². The second-order valence-electron chi connectivity index (χ2n) is 5.59. The minimum absolute atomic E-state index is 0.0813. The summed E-state index contributed by atoms with van der Waals surface area (Å²) in [5.41, 5.74) is 0.874. The van der Waals surface area contributed by atoms with Crippen LogP contribution in [-0.2, 0) is 9.53 Å². The Morgan fingerprint density at radius 1 is 1.40 bits per heavy atom. The number of hydrogen-bond donors (Lipinski definition) is 2. The Labute approximate surface area is 120 Å². The molecule has 0 aromatic heterocycles. The summed E-state index contributed by atoms with van der Waals surface area (Å²) >= 11 is 0. The van der Waals surface area contributed by atoms with Gasteiger partial charge < -0.3 is 15.2 Å². The second kappa shape index (κ2) is 7.41. The topological polar surface area (TPSA) is 58.6 Å². The molecular formula is C16H23NO3. The van der Waals surface area contributed by atoms with Gasteiger partial charge in [0, 0.05) is 6.04 Å². The first-order chi connectivity index (χ1) is 9.65. The third kappa shape index (κ3) is 5.31. The number of amides is 1. The van der Waals surface area contributed by atoms with Gasteiger partial charge in [-0.15, -0.1) is 0 Å². The Morgan fingerprint density at radius 3 is 2.75 bits per heavy atom. The normalized spacial score (nSPS) is 17.5. The highest BCUT2D eigenvalue weighted by molar-refractivity contribution is 5.77. The number of ether oxygens (including phenoxy) is 1. The van der Waals surface area contributed by atoms with Gasteiger partial charge in [-0.05, 0) is 37.7 Å². The van der Waals surface area contributed by atoms with Crippen LogP contribution in [0.2, 0.25) is 0 Å². The van der Waals surface area contributed by atoms with Gasteiger partial charge in [-0.1, -0.05) is 30.3 Å². The van der Waals surface area contributed by atoms with Gasteiger partial charge >= 0.3 is 0 Å². The van der Waals surface area contributed by atoms with E-state index in [0.717, 1.165) is 5.56 Å². The molecule has 0 aliphatic heterocycles. The summed E-state index contributed by atoms with van der Waals surface area (Å²) in [6, 6.07) is 9.40. The maximum atomic E-state index is 11.7. The van der Waals surface area contributed by atoms with Crippen LogP contribution in [0.1, 0.15) is 37.9 Å². The molecule has 1 aromatic rings. The number of rotatable bonds is 8. The molecule has 2 rings (SSSR count). The predicted octanol–water partition coefficient (Wildman–Crippen LogP) is 2.04. The van der Waals surface area contributed by atoms with E-state index in [2.05, 4.69) is 5.32 Å². The minimum atomic E-state index is -0.557. The smallest absolute Gasteiger partial charge is 0.246 e. The number of hydrogen-bond acceptors (Lipinski definition) is 3. The summed E-state index contributed by atoms with van der Waals surface area (Å²) in [7, 11) is 0. The first kappa shape index (κ1) is 15.0. The molecule has 1 saturated carbocycles. The van der Waals surface area contributed by atoms with E-state index >= 15 is 0 Å². The van der Waals surface area contributed by atoms with E-state index < -0.39 is 6.10 Å². The standard InChI is InChI=1S/C16H23NO3/c1-12(9-15(18)14-5-3-2-4-6-14)17-16(19)11-20-10-13-7-8-13/h2-6,12-13,15,18H,7-11H2,1H3,(H,17,19). The predicted molar refractivity (Wildman–Crippen MR) is 77.2 cm³/mol. The molecule has 110 valence electrons. The zero-order valence-electron chi connectivity index (χ0n) is 11.9. The Morgan fingerprint density at radius 2 is 2.10 bits per heavy atom. The lowest BCUT2D eigenvalue weighted by Gasteiger charge is -2.18. The van der Waals surface area contributed by atoms with E-state index in [1.165, 1.54) is 12.8 Å². The minimum Gasteiger partial charge on any atom is -0.388 e. The van der Waals surface area contributed by atoms with E-state index in [-0.39, 0.29) is 18.6 Å². The molecule has 2 atom stereocenters. The molecule has 2 N–H and O–H groups in total. The molecule has 1 aromatic carbocycles. The van der Waals surface area contributed by atoms with Gasteiger partial charge in [0.15, 0.2) is 0 Å². The average Bonchev–Trinajstić information content (AvgIpc) is 3.23. The molecule has 0 heterocycles. The molecule has 4 nitrogen and oxygen atoms in total. The van der Waals surface area contributed by atoms with Crippen molar-refractivity contribution in [3.63, 3.8) is 0 Å². The lowest BCUT2D eigenvalue weighted by atomic mass is 10.0. The molecular weight excluding hydrogens is 254 g/mol. The van der Waals surface area contributed by atoms with Crippen molar-refractivity contribution in [2.75, 3.05) is 13.2 Å². The monoisotopic (exact) mass is 277 g/mol. The van der Waals surface area contributed by atoms with Crippen LogP contribution in [0.25, 0.3) is 0 Å². The Hall–Kier alpha value is -1.39. The van der Waals surface area contributed by atoms with Gasteiger partial charge in [0.2, 0.25) is 5.91 Å². The first-order valence-corrected chi connectivity index (χ1v) is 7.25. The van der Waals surface area contributed by atoms with E-state index in [1.807, 2.05) is 37.3 Å². The molecule has 1 aliphatic carbocycles. The van der Waals surface area contributed by atoms with Crippen LogP contribution in [0.3, 0.4) is 0 Å². The first-order valence-electron chi connectivity index (χ1n) is 7.25. The van der Waals surface area contributed by atoms with Crippen molar-refractivity contribution < 1.29 is 14.6 Å². The molecule has 20 heavy (non-hydrogen) atoms. The van der Waals surface area contributed by atoms with Gasteiger partial charge in [0.05, 0.1) is 12.7 Å². The number of aliphatic hydroxyl groups excluding tert-OH is 1. The molecule has 0 bridgehead atoms. The summed E-state index contributed by atoms with van der Waals surface area (Å²) in [5.74, 6) is 0.554. The van der Waals surface area contributed by atoms with Crippen molar-refractivity contribution in [1.82, 2.24) is 5.32 Å². The fourth-order valence-electron chi connectivity index (χ4n) is 2.12. The van der Waals surface area contributed by atoms with Gasteiger partial charge in [0.25, 0.3) is 0 Å². The van der Waals surface area contributed by atoms with Crippen LogP contribution < -0.4 is 5.32 Å². The highest BCUT2D eigenvalue weighted by atomic mass is 16.5. The number of nitrogens with one attached hydrogen (secondary N) is 1. The number of aliphatic hydroxyl groups is 1. The maximum Gasteiger partial charge on any atom is 0.246 e. The lowest BCUT2D eigenvalue weighted by molar-refractivity contribution is -0.126. The highest BCUT2D eigenvalue weighted by Crippen LogP contribution is 2.28. The van der Waals surface area contributed by atoms with Crippen molar-refractivity contribution in [3.05, 3.63) is 35.9 Å². The molecule has 2 unspecified atom stereocenters. The summed E-state index contributed by atoms with van der Waals surface area (Å²) in [6.07, 6.45) is 2.39. The summed E-state index contributed by atoms with van der Waals surface area (Å²) in [5, 5.41) is 12.9. The number of carbonyl (C=O) groups excluding carboxylic acids is 1. The van der Waals surface area contributed by atoms with Crippen LogP contribution in [0.5, 0.6) is 0 Å². The molecule has 0 radical (unpaired) electrons. The lowest BCUT2D eigenvalue weighted by Crippen LogP contribution is -2.36. The average molecular weight is 277 g/mol.